The van der Waals surface area contributed by atoms with E-state index in [1.165, 1.54) is 7.11 Å². The van der Waals surface area contributed by atoms with Gasteiger partial charge in [0.15, 0.2) is 0 Å². The van der Waals surface area contributed by atoms with Crippen molar-refractivity contribution >= 4 is 27.5 Å². The molecule has 90 valence electrons. The molecule has 0 N–H and O–H groups in total. The highest BCUT2D eigenvalue weighted by Gasteiger charge is 2.11. The van der Waals surface area contributed by atoms with Crippen molar-refractivity contribution in [2.45, 2.75) is 11.3 Å². The first-order valence-electron chi connectivity index (χ1n) is 4.75. The second-order valence-corrected chi connectivity index (χ2v) is 7.50. The average Bonchev–Trinajstić information content (AvgIpc) is 2.19. The molecular formula is C11H15ClO3S. The molecule has 0 saturated heterocycles. The average molecular weight is 263 g/mol. The van der Waals surface area contributed by atoms with E-state index in [4.69, 9.17) is 11.6 Å². The smallest absolute Gasteiger partial charge is 0.310 e. The largest absolute Gasteiger partial charge is 0.469 e. The molecule has 0 radical (unpaired) electrons. The molecule has 0 atom stereocenters. The standard InChI is InChI=1S/C11H15ClO3S/c1-15-11(13)6-8-4-5-9(7-10(8)12)16(2,3)14/h4-5,7,16H,6H2,1-3H3. The monoisotopic (exact) mass is 262 g/mol. The molecule has 0 aromatic heterocycles. The van der Waals surface area contributed by atoms with Gasteiger partial charge in [-0.25, -0.2) is 0 Å². The second-order valence-electron chi connectivity index (χ2n) is 3.88. The number of carbonyl (C=O) groups is 1. The van der Waals surface area contributed by atoms with Crippen LogP contribution < -0.4 is 0 Å². The first kappa shape index (κ1) is 13.2. The number of rotatable bonds is 3. The summed E-state index contributed by atoms with van der Waals surface area (Å²) in [5.41, 5.74) is 0.686. The Bertz CT molecular complexity index is 451. The topological polar surface area (TPSA) is 43.4 Å². The Hall–Kier alpha value is -0.870. The third-order valence-corrected chi connectivity index (χ3v) is 4.09. The zero-order chi connectivity index (χ0) is 12.3. The summed E-state index contributed by atoms with van der Waals surface area (Å²) < 4.78 is 16.4. The summed E-state index contributed by atoms with van der Waals surface area (Å²) in [6.45, 7) is 0. The summed E-state index contributed by atoms with van der Waals surface area (Å²) in [5.74, 6) is -0.342. The van der Waals surface area contributed by atoms with E-state index in [0.29, 0.717) is 15.5 Å². The molecule has 1 aromatic carbocycles. The van der Waals surface area contributed by atoms with E-state index in [-0.39, 0.29) is 12.4 Å². The van der Waals surface area contributed by atoms with E-state index in [9.17, 15) is 9.00 Å². The van der Waals surface area contributed by atoms with E-state index in [1.807, 2.05) is 0 Å². The highest BCUT2D eigenvalue weighted by molar-refractivity contribution is 8.01. The summed E-state index contributed by atoms with van der Waals surface area (Å²) in [7, 11) is -0.976. The number of hydrogen-bond donors (Lipinski definition) is 1. The molecule has 0 aliphatic rings. The molecule has 0 amide bonds. The number of halogens is 1. The number of hydrogen-bond acceptors (Lipinski definition) is 3. The van der Waals surface area contributed by atoms with Gasteiger partial charge in [-0.2, -0.15) is 0 Å². The fourth-order valence-corrected chi connectivity index (χ4v) is 2.44. The molecule has 0 saturated carbocycles. The number of carbonyl (C=O) groups excluding carboxylic acids is 1. The van der Waals surface area contributed by atoms with Crippen molar-refractivity contribution in [2.24, 2.45) is 0 Å². The van der Waals surface area contributed by atoms with Crippen LogP contribution in [0.1, 0.15) is 5.56 Å². The normalized spacial score (nSPS) is 12.2. The molecule has 0 heterocycles. The predicted molar refractivity (Wildman–Crippen MR) is 66.8 cm³/mol. The number of benzene rings is 1. The van der Waals surface area contributed by atoms with Gasteiger partial charge in [-0.3, -0.25) is 9.00 Å². The first-order chi connectivity index (χ1) is 7.34. The van der Waals surface area contributed by atoms with Gasteiger partial charge in [0.05, 0.1) is 13.5 Å². The minimum Gasteiger partial charge on any atom is -0.469 e. The van der Waals surface area contributed by atoms with Gasteiger partial charge in [0, 0.05) is 9.92 Å². The van der Waals surface area contributed by atoms with Gasteiger partial charge in [-0.15, -0.1) is 0 Å². The zero-order valence-electron chi connectivity index (χ0n) is 9.49. The summed E-state index contributed by atoms with van der Waals surface area (Å²) in [4.78, 5) is 11.8. The van der Waals surface area contributed by atoms with Gasteiger partial charge >= 0.3 is 5.97 Å². The van der Waals surface area contributed by atoms with E-state index in [0.717, 1.165) is 0 Å². The molecule has 0 unspecified atom stereocenters. The van der Waals surface area contributed by atoms with Crippen LogP contribution in [0.15, 0.2) is 23.1 Å². The molecule has 0 bridgehead atoms. The molecule has 0 aliphatic heterocycles. The summed E-state index contributed by atoms with van der Waals surface area (Å²) in [5, 5.41) is 0.451. The maximum Gasteiger partial charge on any atom is 0.310 e. The predicted octanol–water partition coefficient (Wildman–Crippen LogP) is 1.69. The van der Waals surface area contributed by atoms with E-state index in [1.54, 1.807) is 30.7 Å². The number of methoxy groups -OCH3 is 1. The van der Waals surface area contributed by atoms with Crippen LogP contribution >= 0.6 is 11.6 Å². The van der Waals surface area contributed by atoms with Gasteiger partial charge in [0.1, 0.15) is 0 Å². The first-order valence-corrected chi connectivity index (χ1v) is 7.73. The van der Waals surface area contributed by atoms with Gasteiger partial charge in [0.2, 0.25) is 0 Å². The van der Waals surface area contributed by atoms with Crippen molar-refractivity contribution in [2.75, 3.05) is 19.6 Å². The lowest BCUT2D eigenvalue weighted by Gasteiger charge is -2.13. The van der Waals surface area contributed by atoms with Crippen LogP contribution in [0.4, 0.5) is 0 Å². The van der Waals surface area contributed by atoms with Crippen molar-refractivity contribution in [3.63, 3.8) is 0 Å². The highest BCUT2D eigenvalue weighted by atomic mass is 35.5. The van der Waals surface area contributed by atoms with Crippen LogP contribution in [-0.2, 0) is 25.9 Å². The minimum absolute atomic E-state index is 0.132. The van der Waals surface area contributed by atoms with Gasteiger partial charge in [0.25, 0.3) is 0 Å². The van der Waals surface area contributed by atoms with Crippen molar-refractivity contribution in [3.8, 4) is 0 Å². The quantitative estimate of drug-likeness (QED) is 0.666. The van der Waals surface area contributed by atoms with Gasteiger partial charge < -0.3 is 4.74 Å². The van der Waals surface area contributed by atoms with Crippen LogP contribution in [0.3, 0.4) is 0 Å². The maximum absolute atomic E-state index is 11.8. The van der Waals surface area contributed by atoms with Crippen molar-refractivity contribution < 1.29 is 13.7 Å². The van der Waals surface area contributed by atoms with Crippen LogP contribution in [-0.4, -0.2) is 29.8 Å². The molecule has 0 fully saturated rings. The van der Waals surface area contributed by atoms with E-state index < -0.39 is 9.93 Å². The Morgan fingerprint density at radius 2 is 2.06 bits per heavy atom. The third kappa shape index (κ3) is 3.32. The Labute approximate surface area is 101 Å². The maximum atomic E-state index is 11.8. The lowest BCUT2D eigenvalue weighted by atomic mass is 10.1. The van der Waals surface area contributed by atoms with E-state index in [2.05, 4.69) is 4.74 Å². The summed E-state index contributed by atoms with van der Waals surface area (Å²) in [6.07, 6.45) is 3.49. The minimum atomic E-state index is -2.31. The number of ether oxygens (including phenoxy) is 1. The molecule has 0 aliphatic carbocycles. The zero-order valence-corrected chi connectivity index (χ0v) is 11.1. The lowest BCUT2D eigenvalue weighted by molar-refractivity contribution is -0.139. The van der Waals surface area contributed by atoms with E-state index >= 15 is 0 Å². The van der Waals surface area contributed by atoms with Crippen LogP contribution in [0, 0.1) is 0 Å². The van der Waals surface area contributed by atoms with Gasteiger partial charge in [-0.05, 0) is 30.2 Å². The molecule has 3 nitrogen and oxygen atoms in total. The lowest BCUT2D eigenvalue weighted by Crippen LogP contribution is -2.08. The van der Waals surface area contributed by atoms with Crippen LogP contribution in [0.5, 0.6) is 0 Å². The number of thiol groups is 1. The highest BCUT2D eigenvalue weighted by Crippen LogP contribution is 2.23. The second kappa shape index (κ2) is 4.97. The molecule has 16 heavy (non-hydrogen) atoms. The summed E-state index contributed by atoms with van der Waals surface area (Å²) in [6, 6.07) is 5.11. The van der Waals surface area contributed by atoms with Crippen LogP contribution in [0.25, 0.3) is 0 Å². The Balaban J connectivity index is 3.01. The van der Waals surface area contributed by atoms with Crippen molar-refractivity contribution in [1.29, 1.82) is 0 Å². The fraction of sp³-hybridized carbons (Fsp3) is 0.364. The van der Waals surface area contributed by atoms with Crippen LogP contribution in [0.2, 0.25) is 5.02 Å². The third-order valence-electron chi connectivity index (χ3n) is 2.22. The number of esters is 1. The molecule has 1 rings (SSSR count). The molecular weight excluding hydrogens is 248 g/mol. The van der Waals surface area contributed by atoms with Crippen molar-refractivity contribution in [3.05, 3.63) is 28.8 Å². The summed E-state index contributed by atoms with van der Waals surface area (Å²) >= 11 is 6.01. The Morgan fingerprint density at radius 1 is 1.44 bits per heavy atom. The molecule has 1 aromatic rings. The Morgan fingerprint density at radius 3 is 2.50 bits per heavy atom. The van der Waals surface area contributed by atoms with Gasteiger partial charge in [-0.1, -0.05) is 27.6 Å². The molecule has 5 heteroatoms. The molecule has 0 spiro atoms. The SMILES string of the molecule is COC(=O)Cc1ccc([SH](C)(C)=O)cc1Cl. The van der Waals surface area contributed by atoms with Crippen molar-refractivity contribution in [1.82, 2.24) is 0 Å². The fourth-order valence-electron chi connectivity index (χ4n) is 1.24. The Kier molecular flexibility index (Phi) is 4.10.